The fraction of sp³-hybridized carbons (Fsp3) is 0.231. The van der Waals surface area contributed by atoms with E-state index in [1.807, 2.05) is 0 Å². The number of halogens is 3. The third-order valence-corrected chi connectivity index (χ3v) is 2.79. The molecule has 1 aromatic carbocycles. The molecular formula is C13H12F3N3O. The number of benzene rings is 1. The first-order valence-electron chi connectivity index (χ1n) is 5.81. The van der Waals surface area contributed by atoms with Crippen molar-refractivity contribution in [3.05, 3.63) is 63.8 Å². The molecule has 0 aliphatic carbocycles. The average Bonchev–Trinajstić information content (AvgIpc) is 2.40. The van der Waals surface area contributed by atoms with Crippen molar-refractivity contribution in [2.45, 2.75) is 19.3 Å². The zero-order valence-corrected chi connectivity index (χ0v) is 10.4. The molecule has 2 aromatic rings. The number of nitrogens with zero attached hydrogens (tertiary/aromatic N) is 2. The van der Waals surface area contributed by atoms with Crippen molar-refractivity contribution in [2.75, 3.05) is 0 Å². The number of hydrogen-bond donors (Lipinski definition) is 1. The van der Waals surface area contributed by atoms with Gasteiger partial charge in [-0.25, -0.2) is 0 Å². The average molecular weight is 283 g/mol. The molecule has 0 aliphatic heterocycles. The summed E-state index contributed by atoms with van der Waals surface area (Å²) >= 11 is 0. The van der Waals surface area contributed by atoms with E-state index in [2.05, 4.69) is 4.98 Å². The number of hydrogen-bond acceptors (Lipinski definition) is 3. The predicted molar refractivity (Wildman–Crippen MR) is 66.9 cm³/mol. The van der Waals surface area contributed by atoms with Crippen LogP contribution in [0.25, 0.3) is 0 Å². The molecule has 4 nitrogen and oxygen atoms in total. The zero-order chi connectivity index (χ0) is 14.8. The fourth-order valence-corrected chi connectivity index (χ4v) is 1.73. The Morgan fingerprint density at radius 3 is 2.40 bits per heavy atom. The van der Waals surface area contributed by atoms with E-state index in [-0.39, 0.29) is 6.54 Å². The fourth-order valence-electron chi connectivity index (χ4n) is 1.73. The van der Waals surface area contributed by atoms with Gasteiger partial charge < -0.3 is 10.3 Å². The summed E-state index contributed by atoms with van der Waals surface area (Å²) in [5, 5.41) is 0. The first kappa shape index (κ1) is 14.3. The Morgan fingerprint density at radius 1 is 1.20 bits per heavy atom. The molecular weight excluding hydrogens is 271 g/mol. The molecule has 2 rings (SSSR count). The Bertz CT molecular complexity index is 647. The van der Waals surface area contributed by atoms with Crippen molar-refractivity contribution >= 4 is 0 Å². The van der Waals surface area contributed by atoms with Crippen molar-refractivity contribution < 1.29 is 13.2 Å². The minimum Gasteiger partial charge on any atom is -0.334 e. The van der Waals surface area contributed by atoms with Crippen molar-refractivity contribution in [1.82, 2.24) is 9.55 Å². The second-order valence-electron chi connectivity index (χ2n) is 4.28. The predicted octanol–water partition coefficient (Wildman–Crippen LogP) is 1.77. The summed E-state index contributed by atoms with van der Waals surface area (Å²) in [5.74, 6) is 0. The molecule has 1 aromatic heterocycles. The van der Waals surface area contributed by atoms with Gasteiger partial charge in [0.2, 0.25) is 0 Å². The lowest BCUT2D eigenvalue weighted by Crippen LogP contribution is -2.19. The molecule has 0 saturated carbocycles. The van der Waals surface area contributed by atoms with Gasteiger partial charge >= 0.3 is 6.18 Å². The van der Waals surface area contributed by atoms with E-state index in [0.29, 0.717) is 17.7 Å². The van der Waals surface area contributed by atoms with Crippen LogP contribution in [0.1, 0.15) is 16.7 Å². The number of nitrogens with two attached hydrogens (primary N) is 1. The van der Waals surface area contributed by atoms with Gasteiger partial charge in [-0.1, -0.05) is 12.1 Å². The van der Waals surface area contributed by atoms with Gasteiger partial charge in [-0.3, -0.25) is 4.79 Å². The van der Waals surface area contributed by atoms with Crippen LogP contribution in [-0.4, -0.2) is 9.55 Å². The molecule has 0 amide bonds. The highest BCUT2D eigenvalue weighted by Gasteiger charge is 2.29. The molecule has 0 aliphatic rings. The molecule has 0 bridgehead atoms. The minimum absolute atomic E-state index is 0.0691. The number of aromatic nitrogens is 2. The van der Waals surface area contributed by atoms with Crippen molar-refractivity contribution in [2.24, 2.45) is 5.73 Å². The second kappa shape index (κ2) is 5.46. The molecule has 20 heavy (non-hydrogen) atoms. The lowest BCUT2D eigenvalue weighted by Gasteiger charge is -2.09. The quantitative estimate of drug-likeness (QED) is 0.933. The first-order valence-corrected chi connectivity index (χ1v) is 5.81. The van der Waals surface area contributed by atoms with Gasteiger partial charge in [-0.15, -0.1) is 0 Å². The smallest absolute Gasteiger partial charge is 0.334 e. The van der Waals surface area contributed by atoms with Crippen LogP contribution in [0, 0.1) is 0 Å². The summed E-state index contributed by atoms with van der Waals surface area (Å²) in [7, 11) is 0. The summed E-state index contributed by atoms with van der Waals surface area (Å²) in [4.78, 5) is 14.9. The van der Waals surface area contributed by atoms with E-state index >= 15 is 0 Å². The summed E-state index contributed by atoms with van der Waals surface area (Å²) < 4.78 is 38.9. The van der Waals surface area contributed by atoms with E-state index in [4.69, 9.17) is 5.73 Å². The highest BCUT2D eigenvalue weighted by molar-refractivity contribution is 5.25. The van der Waals surface area contributed by atoms with E-state index in [1.165, 1.54) is 18.5 Å². The molecule has 0 unspecified atom stereocenters. The molecule has 106 valence electrons. The molecule has 0 radical (unpaired) electrons. The van der Waals surface area contributed by atoms with Gasteiger partial charge in [-0.2, -0.15) is 18.2 Å². The summed E-state index contributed by atoms with van der Waals surface area (Å²) in [5.41, 5.74) is 5.35. The van der Waals surface area contributed by atoms with Gasteiger partial charge in [0.1, 0.15) is 0 Å². The topological polar surface area (TPSA) is 60.9 Å². The van der Waals surface area contributed by atoms with E-state index in [1.54, 1.807) is 10.8 Å². The van der Waals surface area contributed by atoms with E-state index in [0.717, 1.165) is 12.1 Å². The lowest BCUT2D eigenvalue weighted by atomic mass is 10.1. The third-order valence-electron chi connectivity index (χ3n) is 2.79. The Morgan fingerprint density at radius 2 is 1.85 bits per heavy atom. The Hall–Kier alpha value is -2.15. The molecule has 7 heteroatoms. The first-order chi connectivity index (χ1) is 9.40. The Balaban J connectivity index is 2.20. The molecule has 0 atom stereocenters. The Kier molecular flexibility index (Phi) is 3.89. The molecule has 2 N–H and O–H groups in total. The number of rotatable bonds is 3. The van der Waals surface area contributed by atoms with Gasteiger partial charge in [0.15, 0.2) is 0 Å². The maximum Gasteiger partial charge on any atom is 0.416 e. The monoisotopic (exact) mass is 283 g/mol. The highest BCUT2D eigenvalue weighted by Crippen LogP contribution is 2.29. The molecule has 1 heterocycles. The van der Waals surface area contributed by atoms with Crippen LogP contribution >= 0.6 is 0 Å². The minimum atomic E-state index is -4.34. The van der Waals surface area contributed by atoms with Crippen molar-refractivity contribution in [3.63, 3.8) is 0 Å². The van der Waals surface area contributed by atoms with Crippen LogP contribution in [0.3, 0.4) is 0 Å². The number of alkyl halides is 3. The van der Waals surface area contributed by atoms with Crippen LogP contribution in [-0.2, 0) is 19.3 Å². The van der Waals surface area contributed by atoms with Crippen molar-refractivity contribution in [3.8, 4) is 0 Å². The van der Waals surface area contributed by atoms with Gasteiger partial charge in [0, 0.05) is 24.8 Å². The van der Waals surface area contributed by atoms with Gasteiger partial charge in [-0.05, 0) is 17.7 Å². The maximum atomic E-state index is 12.4. The van der Waals surface area contributed by atoms with Crippen LogP contribution in [0.2, 0.25) is 0 Å². The van der Waals surface area contributed by atoms with E-state index < -0.39 is 17.3 Å². The third kappa shape index (κ3) is 3.24. The van der Waals surface area contributed by atoms with Crippen molar-refractivity contribution in [1.29, 1.82) is 0 Å². The van der Waals surface area contributed by atoms with Crippen LogP contribution in [0.5, 0.6) is 0 Å². The standard InChI is InChI=1S/C13H12F3N3O/c14-13(15,16)11-3-1-9(2-4-11)6-19-7-10(5-17)12(20)18-8-19/h1-4,7-8H,5-6,17H2. The second-order valence-corrected chi connectivity index (χ2v) is 4.28. The van der Waals surface area contributed by atoms with Crippen LogP contribution < -0.4 is 11.3 Å². The lowest BCUT2D eigenvalue weighted by molar-refractivity contribution is -0.137. The normalized spacial score (nSPS) is 11.6. The van der Waals surface area contributed by atoms with E-state index in [9.17, 15) is 18.0 Å². The SMILES string of the molecule is NCc1cn(Cc2ccc(C(F)(F)F)cc2)cnc1=O. The largest absolute Gasteiger partial charge is 0.416 e. The van der Waals surface area contributed by atoms with Crippen LogP contribution in [0.15, 0.2) is 41.6 Å². The molecule has 0 saturated heterocycles. The zero-order valence-electron chi connectivity index (χ0n) is 10.4. The van der Waals surface area contributed by atoms with Gasteiger partial charge in [0.05, 0.1) is 11.9 Å². The van der Waals surface area contributed by atoms with Crippen LogP contribution in [0.4, 0.5) is 13.2 Å². The summed E-state index contributed by atoms with van der Waals surface area (Å²) in [6, 6.07) is 4.83. The maximum absolute atomic E-state index is 12.4. The van der Waals surface area contributed by atoms with Gasteiger partial charge in [0.25, 0.3) is 5.56 Å². The Labute approximate surface area is 112 Å². The molecule has 0 spiro atoms. The summed E-state index contributed by atoms with van der Waals surface area (Å²) in [6.07, 6.45) is -1.46. The molecule has 0 fully saturated rings. The summed E-state index contributed by atoms with van der Waals surface area (Å²) in [6.45, 7) is 0.387. The highest BCUT2D eigenvalue weighted by atomic mass is 19.4.